The van der Waals surface area contributed by atoms with Gasteiger partial charge in [-0.2, -0.15) is 10.2 Å². The van der Waals surface area contributed by atoms with E-state index < -0.39 is 0 Å². The topological polar surface area (TPSA) is 79.4 Å². The number of amides is 1. The molecule has 1 aliphatic rings. The third-order valence-electron chi connectivity index (χ3n) is 3.37. The molecule has 21 heavy (non-hydrogen) atoms. The number of hydrogen-bond acceptors (Lipinski definition) is 4. The van der Waals surface area contributed by atoms with Crippen LogP contribution in [0.1, 0.15) is 18.4 Å². The van der Waals surface area contributed by atoms with Crippen molar-refractivity contribution in [2.75, 3.05) is 7.11 Å². The van der Waals surface area contributed by atoms with Gasteiger partial charge in [-0.05, 0) is 37.1 Å². The molecule has 6 heteroatoms. The predicted molar refractivity (Wildman–Crippen MR) is 79.0 cm³/mol. The van der Waals surface area contributed by atoms with E-state index in [0.717, 1.165) is 35.4 Å². The molecule has 1 fully saturated rings. The lowest BCUT2D eigenvalue weighted by molar-refractivity contribution is -0.122. The lowest BCUT2D eigenvalue weighted by atomic mass is 10.1. The minimum absolute atomic E-state index is 0.0132. The Bertz CT molecular complexity index is 657. The quantitative estimate of drug-likeness (QED) is 0.650. The summed E-state index contributed by atoms with van der Waals surface area (Å²) in [7, 11) is 1.63. The van der Waals surface area contributed by atoms with Gasteiger partial charge in [0.05, 0.1) is 25.2 Å². The molecular formula is C15H16N4O2. The van der Waals surface area contributed by atoms with Crippen LogP contribution in [0.25, 0.3) is 11.3 Å². The van der Waals surface area contributed by atoms with Crippen molar-refractivity contribution < 1.29 is 9.53 Å². The summed E-state index contributed by atoms with van der Waals surface area (Å²) in [6.45, 7) is 0. The highest BCUT2D eigenvalue weighted by Crippen LogP contribution is 2.28. The van der Waals surface area contributed by atoms with Crippen LogP contribution in [-0.2, 0) is 4.79 Å². The van der Waals surface area contributed by atoms with E-state index in [2.05, 4.69) is 20.7 Å². The maximum Gasteiger partial charge on any atom is 0.243 e. The van der Waals surface area contributed by atoms with Gasteiger partial charge in [0.25, 0.3) is 0 Å². The van der Waals surface area contributed by atoms with E-state index in [1.165, 1.54) is 0 Å². The Labute approximate surface area is 122 Å². The molecule has 0 saturated heterocycles. The molecule has 1 amide bonds. The van der Waals surface area contributed by atoms with Crippen molar-refractivity contribution in [3.8, 4) is 17.0 Å². The minimum atomic E-state index is -0.0132. The van der Waals surface area contributed by atoms with Gasteiger partial charge in [-0.1, -0.05) is 0 Å². The maximum atomic E-state index is 11.5. The van der Waals surface area contributed by atoms with E-state index in [-0.39, 0.29) is 11.8 Å². The molecule has 2 N–H and O–H groups in total. The molecule has 0 radical (unpaired) electrons. The molecule has 1 aromatic heterocycles. The third kappa shape index (κ3) is 3.10. The average Bonchev–Trinajstić information content (AvgIpc) is 3.27. The largest absolute Gasteiger partial charge is 0.497 e. The number of aromatic nitrogens is 2. The summed E-state index contributed by atoms with van der Waals surface area (Å²) < 4.78 is 5.14. The lowest BCUT2D eigenvalue weighted by Crippen LogP contribution is -2.18. The number of aromatic amines is 1. The van der Waals surface area contributed by atoms with Gasteiger partial charge >= 0.3 is 0 Å². The van der Waals surface area contributed by atoms with Crippen LogP contribution in [0.4, 0.5) is 0 Å². The van der Waals surface area contributed by atoms with Crippen molar-refractivity contribution in [1.29, 1.82) is 0 Å². The molecule has 1 aromatic carbocycles. The van der Waals surface area contributed by atoms with Gasteiger partial charge in [0.15, 0.2) is 0 Å². The number of nitrogens with zero attached hydrogens (tertiary/aromatic N) is 2. The second kappa shape index (κ2) is 5.78. The smallest absolute Gasteiger partial charge is 0.243 e. The first-order chi connectivity index (χ1) is 10.3. The Hall–Kier alpha value is -2.63. The molecular weight excluding hydrogens is 268 g/mol. The second-order valence-electron chi connectivity index (χ2n) is 4.94. The first-order valence-corrected chi connectivity index (χ1v) is 6.78. The fraction of sp³-hybridized carbons (Fsp3) is 0.267. The van der Waals surface area contributed by atoms with E-state index in [9.17, 15) is 4.79 Å². The number of ether oxygens (including phenoxy) is 1. The zero-order valence-corrected chi connectivity index (χ0v) is 11.7. The van der Waals surface area contributed by atoms with Gasteiger partial charge in [-0.15, -0.1) is 0 Å². The fourth-order valence-corrected chi connectivity index (χ4v) is 1.98. The molecule has 1 saturated carbocycles. The molecule has 108 valence electrons. The summed E-state index contributed by atoms with van der Waals surface area (Å²) in [5, 5.41) is 10.9. The van der Waals surface area contributed by atoms with Crippen LogP contribution in [0.15, 0.2) is 35.6 Å². The number of nitrogens with one attached hydrogen (secondary N) is 2. The minimum Gasteiger partial charge on any atom is -0.497 e. The average molecular weight is 284 g/mol. The van der Waals surface area contributed by atoms with Crippen LogP contribution in [-0.4, -0.2) is 29.4 Å². The van der Waals surface area contributed by atoms with Crippen LogP contribution < -0.4 is 10.2 Å². The number of carbonyl (C=O) groups is 1. The molecule has 1 heterocycles. The summed E-state index contributed by atoms with van der Waals surface area (Å²) in [4.78, 5) is 11.5. The summed E-state index contributed by atoms with van der Waals surface area (Å²) in [6.07, 6.45) is 5.20. The molecule has 2 aromatic rings. The number of methoxy groups -OCH3 is 1. The number of H-pyrrole nitrogens is 1. The van der Waals surface area contributed by atoms with Crippen LogP contribution in [0.5, 0.6) is 5.75 Å². The van der Waals surface area contributed by atoms with Gasteiger partial charge in [0.1, 0.15) is 5.75 Å². The van der Waals surface area contributed by atoms with Gasteiger partial charge in [-0.25, -0.2) is 5.43 Å². The first-order valence-electron chi connectivity index (χ1n) is 6.78. The van der Waals surface area contributed by atoms with Crippen molar-refractivity contribution in [2.45, 2.75) is 12.8 Å². The standard InChI is InChI=1S/C15H16N4O2/c1-21-13-6-4-10(5-7-13)14-12(8-16-18-14)9-17-19-15(20)11-2-3-11/h4-9,11H,2-3H2,1H3,(H,16,18)(H,19,20)/b17-9-. The Balaban J connectivity index is 1.73. The Morgan fingerprint density at radius 1 is 1.43 bits per heavy atom. The van der Waals surface area contributed by atoms with Gasteiger partial charge in [0, 0.05) is 17.0 Å². The van der Waals surface area contributed by atoms with E-state index in [1.54, 1.807) is 19.5 Å². The fourth-order valence-electron chi connectivity index (χ4n) is 1.98. The Kier molecular flexibility index (Phi) is 3.68. The van der Waals surface area contributed by atoms with Crippen molar-refractivity contribution in [1.82, 2.24) is 15.6 Å². The zero-order valence-electron chi connectivity index (χ0n) is 11.7. The van der Waals surface area contributed by atoms with Crippen molar-refractivity contribution >= 4 is 12.1 Å². The van der Waals surface area contributed by atoms with Crippen molar-refractivity contribution in [3.05, 3.63) is 36.0 Å². The van der Waals surface area contributed by atoms with E-state index >= 15 is 0 Å². The van der Waals surface area contributed by atoms with E-state index in [0.29, 0.717) is 0 Å². The highest BCUT2D eigenvalue weighted by atomic mass is 16.5. The van der Waals surface area contributed by atoms with Crippen LogP contribution in [0.2, 0.25) is 0 Å². The molecule has 0 atom stereocenters. The van der Waals surface area contributed by atoms with Crippen LogP contribution in [0.3, 0.4) is 0 Å². The van der Waals surface area contributed by atoms with Crippen molar-refractivity contribution in [3.63, 3.8) is 0 Å². The molecule has 3 rings (SSSR count). The Morgan fingerprint density at radius 3 is 2.86 bits per heavy atom. The maximum absolute atomic E-state index is 11.5. The molecule has 0 spiro atoms. The van der Waals surface area contributed by atoms with Crippen LogP contribution in [0, 0.1) is 5.92 Å². The monoisotopic (exact) mass is 284 g/mol. The highest BCUT2D eigenvalue weighted by molar-refractivity contribution is 5.89. The number of carbonyl (C=O) groups excluding carboxylic acids is 1. The van der Waals surface area contributed by atoms with Gasteiger partial charge in [0.2, 0.25) is 5.91 Å². The van der Waals surface area contributed by atoms with Gasteiger partial charge in [-0.3, -0.25) is 9.89 Å². The summed E-state index contributed by atoms with van der Waals surface area (Å²) in [5.74, 6) is 0.929. The number of hydrazone groups is 1. The SMILES string of the molecule is COc1ccc(-c2[nH]ncc2/C=N\NC(=O)C2CC2)cc1. The second-order valence-corrected chi connectivity index (χ2v) is 4.94. The molecule has 0 bridgehead atoms. The Morgan fingerprint density at radius 2 is 2.19 bits per heavy atom. The number of hydrogen-bond donors (Lipinski definition) is 2. The number of rotatable bonds is 5. The van der Waals surface area contributed by atoms with Gasteiger partial charge < -0.3 is 4.74 Å². The summed E-state index contributed by atoms with van der Waals surface area (Å²) in [6, 6.07) is 7.64. The normalized spacial score (nSPS) is 14.3. The highest BCUT2D eigenvalue weighted by Gasteiger charge is 2.29. The summed E-state index contributed by atoms with van der Waals surface area (Å²) >= 11 is 0. The van der Waals surface area contributed by atoms with Crippen molar-refractivity contribution in [2.24, 2.45) is 11.0 Å². The lowest BCUT2D eigenvalue weighted by Gasteiger charge is -2.02. The van der Waals surface area contributed by atoms with E-state index in [4.69, 9.17) is 4.74 Å². The molecule has 0 unspecified atom stereocenters. The first kappa shape index (κ1) is 13.4. The third-order valence-corrected chi connectivity index (χ3v) is 3.37. The van der Waals surface area contributed by atoms with Crippen LogP contribution >= 0.6 is 0 Å². The molecule has 6 nitrogen and oxygen atoms in total. The molecule has 0 aliphatic heterocycles. The number of benzene rings is 1. The predicted octanol–water partition coefficient (Wildman–Crippen LogP) is 1.95. The van der Waals surface area contributed by atoms with E-state index in [1.807, 2.05) is 24.3 Å². The zero-order chi connectivity index (χ0) is 14.7. The molecule has 1 aliphatic carbocycles. The summed E-state index contributed by atoms with van der Waals surface area (Å²) in [5.41, 5.74) is 5.19.